The molecular weight excluding hydrogens is 445 g/mol. The molecule has 35 heavy (non-hydrogen) atoms. The number of rotatable bonds is 3. The second-order valence-corrected chi connectivity index (χ2v) is 8.77. The monoisotopic (exact) mass is 473 g/mol. The molecule has 0 aliphatic carbocycles. The number of aromatic hydroxyl groups is 1. The Morgan fingerprint density at radius 1 is 1.00 bits per heavy atom. The normalized spacial score (nSPS) is 14.7. The zero-order valence-electron chi connectivity index (χ0n) is 19.3. The number of anilines is 1. The van der Waals surface area contributed by atoms with E-state index in [0.717, 1.165) is 17.0 Å². The third kappa shape index (κ3) is 5.94. The Morgan fingerprint density at radius 2 is 1.71 bits per heavy atom. The zero-order chi connectivity index (χ0) is 24.8. The second-order valence-electron chi connectivity index (χ2n) is 8.77. The highest BCUT2D eigenvalue weighted by atomic mass is 19.1. The van der Waals surface area contributed by atoms with E-state index < -0.39 is 11.4 Å². The first-order chi connectivity index (χ1) is 16.8. The van der Waals surface area contributed by atoms with Crippen LogP contribution in [0.15, 0.2) is 85.1 Å². The molecule has 6 nitrogen and oxygen atoms in total. The number of phenolic OH excluding ortho intramolecular Hbond substituents is 1. The number of nitrogen functional groups attached to an aromatic ring is 1. The Balaban J connectivity index is 0.000000218. The van der Waals surface area contributed by atoms with Crippen LogP contribution in [0.3, 0.4) is 0 Å². The fourth-order valence-corrected chi connectivity index (χ4v) is 4.24. The molecule has 5 rings (SSSR count). The van der Waals surface area contributed by atoms with Gasteiger partial charge in [0.2, 0.25) is 0 Å². The number of nitrogens with zero attached hydrogens (tertiary/aromatic N) is 2. The summed E-state index contributed by atoms with van der Waals surface area (Å²) in [6.45, 7) is 0.817. The molecule has 1 aliphatic heterocycles. The first-order valence-electron chi connectivity index (χ1n) is 11.5. The first-order valence-corrected chi connectivity index (χ1v) is 11.5. The van der Waals surface area contributed by atoms with Crippen molar-refractivity contribution >= 4 is 22.5 Å². The van der Waals surface area contributed by atoms with Gasteiger partial charge in [-0.05, 0) is 48.7 Å². The summed E-state index contributed by atoms with van der Waals surface area (Å²) in [5, 5.41) is 21.0. The number of aromatic nitrogens is 1. The predicted octanol–water partition coefficient (Wildman–Crippen LogP) is 4.56. The number of piperidine rings is 1. The largest absolute Gasteiger partial charge is 0.506 e. The van der Waals surface area contributed by atoms with E-state index in [-0.39, 0.29) is 17.2 Å². The van der Waals surface area contributed by atoms with Crippen LogP contribution < -0.4 is 5.73 Å². The van der Waals surface area contributed by atoms with Crippen molar-refractivity contribution in [2.24, 2.45) is 0 Å². The number of nitrogens with two attached hydrogens (primary N) is 1. The molecular formula is C28H28FN3O3. The van der Waals surface area contributed by atoms with E-state index in [0.29, 0.717) is 43.6 Å². The van der Waals surface area contributed by atoms with Crippen LogP contribution in [0, 0.1) is 5.82 Å². The van der Waals surface area contributed by atoms with Crippen molar-refractivity contribution in [3.8, 4) is 5.75 Å². The molecule has 7 heteroatoms. The lowest BCUT2D eigenvalue weighted by molar-refractivity contribution is -0.0163. The minimum Gasteiger partial charge on any atom is -0.506 e. The summed E-state index contributed by atoms with van der Waals surface area (Å²) in [7, 11) is 0. The summed E-state index contributed by atoms with van der Waals surface area (Å²) >= 11 is 0. The van der Waals surface area contributed by atoms with Crippen LogP contribution in [0.2, 0.25) is 0 Å². The Morgan fingerprint density at radius 3 is 2.40 bits per heavy atom. The molecule has 0 bridgehead atoms. The number of hydrogen-bond acceptors (Lipinski definition) is 5. The number of carbonyl (C=O) groups excluding carboxylic acids is 1. The molecule has 0 unspecified atom stereocenters. The molecule has 4 N–H and O–H groups in total. The van der Waals surface area contributed by atoms with Crippen molar-refractivity contribution in [1.29, 1.82) is 0 Å². The average molecular weight is 474 g/mol. The quantitative estimate of drug-likeness (QED) is 0.379. The number of likely N-dealkylation sites (tertiary alicyclic amines) is 1. The van der Waals surface area contributed by atoms with E-state index in [4.69, 9.17) is 5.73 Å². The Labute approximate surface area is 203 Å². The lowest BCUT2D eigenvalue weighted by Gasteiger charge is -2.38. The number of fused-ring (bicyclic) bond motifs is 1. The van der Waals surface area contributed by atoms with Gasteiger partial charge in [0.1, 0.15) is 17.1 Å². The van der Waals surface area contributed by atoms with Gasteiger partial charge >= 0.3 is 0 Å². The van der Waals surface area contributed by atoms with Crippen molar-refractivity contribution in [2.45, 2.75) is 24.9 Å². The molecule has 0 atom stereocenters. The fraction of sp³-hybridized carbons (Fsp3) is 0.214. The number of benzene rings is 3. The van der Waals surface area contributed by atoms with E-state index in [1.165, 1.54) is 12.1 Å². The lowest BCUT2D eigenvalue weighted by Crippen LogP contribution is -2.47. The molecule has 0 radical (unpaired) electrons. The number of phenols is 1. The standard InChI is InChI=1S/C19H21FN2O2.C9H7NO/c20-17-12-15(21)6-7-16(17)18(23)22-10-8-19(24,9-11-22)13-14-4-2-1-3-5-14;11-8-5-1-3-7-4-2-6-10-9(7)8/h1-7,12,24H,8-11,13,21H2;1-6,11H. The molecule has 1 saturated heterocycles. The lowest BCUT2D eigenvalue weighted by atomic mass is 9.85. The molecule has 0 spiro atoms. The minimum absolute atomic E-state index is 0.0256. The maximum Gasteiger partial charge on any atom is 0.256 e. The van der Waals surface area contributed by atoms with Crippen LogP contribution in [0.4, 0.5) is 10.1 Å². The molecule has 0 saturated carbocycles. The van der Waals surface area contributed by atoms with Gasteiger partial charge in [0.25, 0.3) is 5.91 Å². The number of carbonyl (C=O) groups is 1. The second kappa shape index (κ2) is 10.5. The highest BCUT2D eigenvalue weighted by Gasteiger charge is 2.34. The summed E-state index contributed by atoms with van der Waals surface area (Å²) in [6.07, 6.45) is 3.18. The molecule has 2 heterocycles. The number of amides is 1. The molecule has 1 fully saturated rings. The molecule has 4 aromatic rings. The molecule has 3 aromatic carbocycles. The Bertz CT molecular complexity index is 1300. The van der Waals surface area contributed by atoms with Crippen LogP contribution in [0.5, 0.6) is 5.75 Å². The van der Waals surface area contributed by atoms with E-state index in [2.05, 4.69) is 4.98 Å². The van der Waals surface area contributed by atoms with Crippen LogP contribution in [-0.2, 0) is 6.42 Å². The smallest absolute Gasteiger partial charge is 0.256 e. The van der Waals surface area contributed by atoms with Gasteiger partial charge in [0.05, 0.1) is 11.2 Å². The summed E-state index contributed by atoms with van der Waals surface area (Å²) in [5.41, 5.74) is 6.75. The highest BCUT2D eigenvalue weighted by Crippen LogP contribution is 2.28. The topological polar surface area (TPSA) is 99.7 Å². The van der Waals surface area contributed by atoms with Gasteiger partial charge in [-0.2, -0.15) is 0 Å². The van der Waals surface area contributed by atoms with Crippen molar-refractivity contribution in [3.05, 3.63) is 102 Å². The SMILES string of the molecule is Nc1ccc(C(=O)N2CCC(O)(Cc3ccccc3)CC2)c(F)c1.Oc1cccc2cccnc12. The van der Waals surface area contributed by atoms with Crippen LogP contribution in [-0.4, -0.2) is 44.7 Å². The molecule has 1 amide bonds. The van der Waals surface area contributed by atoms with E-state index >= 15 is 0 Å². The fourth-order valence-electron chi connectivity index (χ4n) is 4.24. The van der Waals surface area contributed by atoms with Gasteiger partial charge in [0, 0.05) is 36.8 Å². The third-order valence-electron chi connectivity index (χ3n) is 6.19. The summed E-state index contributed by atoms with van der Waals surface area (Å²) in [4.78, 5) is 18.1. The van der Waals surface area contributed by atoms with Gasteiger partial charge in [0.15, 0.2) is 0 Å². The van der Waals surface area contributed by atoms with Crippen LogP contribution in [0.25, 0.3) is 10.9 Å². The number of para-hydroxylation sites is 1. The van der Waals surface area contributed by atoms with Gasteiger partial charge in [-0.1, -0.05) is 48.5 Å². The molecule has 180 valence electrons. The first kappa shape index (κ1) is 24.2. The van der Waals surface area contributed by atoms with E-state index in [9.17, 15) is 19.4 Å². The number of aliphatic hydroxyl groups is 1. The maximum absolute atomic E-state index is 13.9. The molecule has 1 aromatic heterocycles. The molecule has 1 aliphatic rings. The average Bonchev–Trinajstić information content (AvgIpc) is 2.85. The van der Waals surface area contributed by atoms with Crippen LogP contribution in [0.1, 0.15) is 28.8 Å². The number of hydrogen-bond donors (Lipinski definition) is 3. The van der Waals surface area contributed by atoms with Gasteiger partial charge in [-0.15, -0.1) is 0 Å². The van der Waals surface area contributed by atoms with Crippen molar-refractivity contribution in [1.82, 2.24) is 9.88 Å². The van der Waals surface area contributed by atoms with E-state index in [1.54, 1.807) is 23.2 Å². The van der Waals surface area contributed by atoms with Crippen molar-refractivity contribution in [3.63, 3.8) is 0 Å². The highest BCUT2D eigenvalue weighted by molar-refractivity contribution is 5.95. The minimum atomic E-state index is -0.822. The summed E-state index contributed by atoms with van der Waals surface area (Å²) in [5.74, 6) is -0.720. The van der Waals surface area contributed by atoms with E-state index in [1.807, 2.05) is 48.5 Å². The van der Waals surface area contributed by atoms with Gasteiger partial charge in [-0.3, -0.25) is 9.78 Å². The number of halogens is 1. The van der Waals surface area contributed by atoms with Gasteiger partial charge in [-0.25, -0.2) is 4.39 Å². The summed E-state index contributed by atoms with van der Waals surface area (Å²) in [6, 6.07) is 23.0. The Kier molecular flexibility index (Phi) is 7.27. The van der Waals surface area contributed by atoms with Crippen LogP contribution >= 0.6 is 0 Å². The Hall–Kier alpha value is -3.97. The predicted molar refractivity (Wildman–Crippen MR) is 134 cm³/mol. The van der Waals surface area contributed by atoms with Crippen molar-refractivity contribution < 1.29 is 19.4 Å². The maximum atomic E-state index is 13.9. The summed E-state index contributed by atoms with van der Waals surface area (Å²) < 4.78 is 13.9. The third-order valence-corrected chi connectivity index (χ3v) is 6.19. The van der Waals surface area contributed by atoms with Crippen molar-refractivity contribution in [2.75, 3.05) is 18.8 Å². The number of pyridine rings is 1. The van der Waals surface area contributed by atoms with Gasteiger partial charge < -0.3 is 20.8 Å². The zero-order valence-corrected chi connectivity index (χ0v) is 19.3.